The molecular weight excluding hydrogens is 841 g/mol. The van der Waals surface area contributed by atoms with Crippen LogP contribution in [0.3, 0.4) is 0 Å². The molecule has 9 heteroatoms. The second kappa shape index (κ2) is 17.5. The van der Waals surface area contributed by atoms with Crippen LogP contribution in [0.25, 0.3) is 120 Å². The van der Waals surface area contributed by atoms with Crippen LogP contribution in [0.1, 0.15) is 27.7 Å². The lowest BCUT2D eigenvalue weighted by Gasteiger charge is -2.11. The molecule has 7 aromatic heterocycles. The number of benzene rings is 6. The number of nitrogens with zero attached hydrogens (tertiary/aromatic N) is 8. The quantitative estimate of drug-likeness (QED) is 0.165. The first-order valence-corrected chi connectivity index (χ1v) is 23.6. The van der Waals surface area contributed by atoms with Crippen molar-refractivity contribution in [1.82, 2.24) is 39.0 Å². The van der Waals surface area contributed by atoms with Gasteiger partial charge in [-0.05, 0) is 119 Å². The molecule has 0 atom stereocenters. The maximum atomic E-state index is 4.95. The van der Waals surface area contributed by atoms with Gasteiger partial charge in [0, 0.05) is 90.6 Å². The minimum atomic E-state index is 0.703. The van der Waals surface area contributed by atoms with Crippen molar-refractivity contribution in [2.45, 2.75) is 27.7 Å². The monoisotopic (exact) mass is 884 g/mol. The van der Waals surface area contributed by atoms with Crippen molar-refractivity contribution in [3.63, 3.8) is 0 Å². The molecule has 0 amide bonds. The van der Waals surface area contributed by atoms with E-state index < -0.39 is 0 Å². The molecule has 0 spiro atoms. The van der Waals surface area contributed by atoms with E-state index in [1.165, 1.54) is 20.2 Å². The summed E-state index contributed by atoms with van der Waals surface area (Å²) in [6.45, 7) is 8.00. The Bertz CT molecular complexity index is 3670. The van der Waals surface area contributed by atoms with Gasteiger partial charge in [-0.1, -0.05) is 88.4 Å². The van der Waals surface area contributed by atoms with E-state index in [0.29, 0.717) is 11.6 Å². The highest BCUT2D eigenvalue weighted by molar-refractivity contribution is 7.25. The van der Waals surface area contributed by atoms with E-state index in [9.17, 15) is 0 Å². The number of fused-ring (bicyclic) bond motifs is 9. The summed E-state index contributed by atoms with van der Waals surface area (Å²) < 4.78 is 7.17. The zero-order valence-corrected chi connectivity index (χ0v) is 38.3. The normalized spacial score (nSPS) is 11.3. The van der Waals surface area contributed by atoms with Gasteiger partial charge in [-0.3, -0.25) is 9.97 Å². The first kappa shape index (κ1) is 41.3. The Morgan fingerprint density at radius 3 is 1.16 bits per heavy atom. The van der Waals surface area contributed by atoms with Gasteiger partial charge in [-0.15, -0.1) is 11.3 Å². The summed E-state index contributed by atoms with van der Waals surface area (Å²) in [4.78, 5) is 28.2. The van der Waals surface area contributed by atoms with E-state index in [-0.39, 0.29) is 0 Å². The van der Waals surface area contributed by atoms with Crippen molar-refractivity contribution in [2.75, 3.05) is 0 Å². The lowest BCUT2D eigenvalue weighted by atomic mass is 9.98. The van der Waals surface area contributed by atoms with E-state index in [1.807, 2.05) is 87.8 Å². The molecule has 0 saturated carbocycles. The number of pyridine rings is 2. The number of aromatic nitrogens is 8. The van der Waals surface area contributed by atoms with Crippen LogP contribution >= 0.6 is 11.3 Å². The van der Waals surface area contributed by atoms with Gasteiger partial charge in [0.2, 0.25) is 0 Å². The SMILES string of the molecule is CC.CC.c1cnc(-c2ccccc2-c2ccc3c(c2)c2ncccc2n3-c2ccc3sc4ccc(-n5c6ccc(-c7ccccc7-c7ncccn7)cc6c6ncccc65)cc4c3c2)nc1. The zero-order valence-electron chi connectivity index (χ0n) is 37.5. The summed E-state index contributed by atoms with van der Waals surface area (Å²) in [5.74, 6) is 1.41. The highest BCUT2D eigenvalue weighted by Gasteiger charge is 2.20. The lowest BCUT2D eigenvalue weighted by Crippen LogP contribution is -1.95. The standard InChI is InChI=1S/C54H32N8S.2C2H6/c1-3-11-39(53-57-25-7-26-58-53)37(9-1)33-15-19-45-43(29-33)51-47(13-5-23-55-51)61(45)35-17-21-49-41(31-35)42-32-36(18-22-50(42)63-49)62-46-20-16-34(30-44(46)52-48(62)14-6-24-56-52)38-10-2-4-12-40(38)54-59-27-8-28-60-54;2*1-2/h1-32H;2*1-2H3. The van der Waals surface area contributed by atoms with Crippen LogP contribution in [-0.4, -0.2) is 39.0 Å². The first-order valence-electron chi connectivity index (χ1n) is 22.7. The largest absolute Gasteiger partial charge is 0.308 e. The fraction of sp³-hybridized carbons (Fsp3) is 0.0690. The topological polar surface area (TPSA) is 87.2 Å². The summed E-state index contributed by atoms with van der Waals surface area (Å²) in [7, 11) is 0. The number of hydrogen-bond donors (Lipinski definition) is 0. The molecule has 0 aliphatic rings. The minimum Gasteiger partial charge on any atom is -0.308 e. The van der Waals surface area contributed by atoms with E-state index in [4.69, 9.17) is 9.97 Å². The third-order valence-electron chi connectivity index (χ3n) is 12.1. The van der Waals surface area contributed by atoms with Crippen LogP contribution in [-0.2, 0) is 0 Å². The summed E-state index contributed by atoms with van der Waals surface area (Å²) in [6, 6.07) is 55.7. The third kappa shape index (κ3) is 6.99. The number of thiophene rings is 1. The highest BCUT2D eigenvalue weighted by Crippen LogP contribution is 2.42. The lowest BCUT2D eigenvalue weighted by molar-refractivity contribution is 1.18. The second-order valence-corrected chi connectivity index (χ2v) is 16.7. The Labute approximate surface area is 391 Å². The maximum Gasteiger partial charge on any atom is 0.159 e. The third-order valence-corrected chi connectivity index (χ3v) is 13.2. The Kier molecular flexibility index (Phi) is 10.8. The fourth-order valence-corrected chi connectivity index (χ4v) is 10.4. The van der Waals surface area contributed by atoms with Gasteiger partial charge in [0.1, 0.15) is 0 Å². The summed E-state index contributed by atoms with van der Waals surface area (Å²) in [5.41, 5.74) is 14.7. The highest BCUT2D eigenvalue weighted by atomic mass is 32.1. The van der Waals surface area contributed by atoms with Crippen LogP contribution < -0.4 is 0 Å². The Morgan fingerprint density at radius 1 is 0.328 bits per heavy atom. The molecule has 0 aliphatic heterocycles. The molecule has 0 aliphatic carbocycles. The smallest absolute Gasteiger partial charge is 0.159 e. The van der Waals surface area contributed by atoms with Crippen molar-refractivity contribution >= 4 is 75.4 Å². The van der Waals surface area contributed by atoms with Gasteiger partial charge in [-0.25, -0.2) is 19.9 Å². The van der Waals surface area contributed by atoms with Gasteiger partial charge in [0.15, 0.2) is 11.6 Å². The van der Waals surface area contributed by atoms with E-state index in [1.54, 1.807) is 24.8 Å². The molecular formula is C58H44N8S. The van der Waals surface area contributed by atoms with Crippen molar-refractivity contribution < 1.29 is 0 Å². The molecule has 0 fully saturated rings. The molecule has 7 heterocycles. The Morgan fingerprint density at radius 2 is 0.731 bits per heavy atom. The zero-order chi connectivity index (χ0) is 45.4. The molecule has 0 radical (unpaired) electrons. The van der Waals surface area contributed by atoms with E-state index in [0.717, 1.165) is 88.6 Å². The van der Waals surface area contributed by atoms with Crippen LogP contribution in [0.5, 0.6) is 0 Å². The van der Waals surface area contributed by atoms with Gasteiger partial charge in [0.25, 0.3) is 0 Å². The number of hydrogen-bond acceptors (Lipinski definition) is 7. The van der Waals surface area contributed by atoms with E-state index in [2.05, 4.69) is 150 Å². The first-order chi connectivity index (χ1) is 33.2. The molecule has 67 heavy (non-hydrogen) atoms. The van der Waals surface area contributed by atoms with Crippen molar-refractivity contribution in [2.24, 2.45) is 0 Å². The predicted octanol–water partition coefficient (Wildman–Crippen LogP) is 15.3. The number of rotatable bonds is 6. The summed E-state index contributed by atoms with van der Waals surface area (Å²) in [5, 5.41) is 4.60. The fourth-order valence-electron chi connectivity index (χ4n) is 9.33. The van der Waals surface area contributed by atoms with Crippen molar-refractivity contribution in [3.05, 3.63) is 195 Å². The van der Waals surface area contributed by atoms with Crippen molar-refractivity contribution in [3.8, 4) is 56.4 Å². The molecule has 0 bridgehead atoms. The predicted molar refractivity (Wildman–Crippen MR) is 279 cm³/mol. The molecule has 6 aromatic carbocycles. The molecule has 322 valence electrons. The van der Waals surface area contributed by atoms with Gasteiger partial charge < -0.3 is 9.13 Å². The van der Waals surface area contributed by atoms with Crippen LogP contribution in [0.15, 0.2) is 195 Å². The minimum absolute atomic E-state index is 0.703. The molecule has 13 rings (SSSR count). The van der Waals surface area contributed by atoms with Gasteiger partial charge in [-0.2, -0.15) is 0 Å². The molecule has 0 saturated heterocycles. The van der Waals surface area contributed by atoms with E-state index >= 15 is 0 Å². The average Bonchev–Trinajstić information content (AvgIpc) is 4.07. The molecule has 0 N–H and O–H groups in total. The molecule has 0 unspecified atom stereocenters. The molecule has 13 aromatic rings. The van der Waals surface area contributed by atoms with Crippen LogP contribution in [0.4, 0.5) is 0 Å². The van der Waals surface area contributed by atoms with Gasteiger partial charge >= 0.3 is 0 Å². The van der Waals surface area contributed by atoms with Crippen LogP contribution in [0, 0.1) is 0 Å². The second-order valence-electron chi connectivity index (χ2n) is 15.6. The summed E-state index contributed by atoms with van der Waals surface area (Å²) in [6.07, 6.45) is 10.9. The molecule has 8 nitrogen and oxygen atoms in total. The van der Waals surface area contributed by atoms with Crippen LogP contribution in [0.2, 0.25) is 0 Å². The summed E-state index contributed by atoms with van der Waals surface area (Å²) >= 11 is 1.82. The van der Waals surface area contributed by atoms with Crippen molar-refractivity contribution in [1.29, 1.82) is 0 Å². The Balaban J connectivity index is 0.00000121. The van der Waals surface area contributed by atoms with Gasteiger partial charge in [0.05, 0.1) is 33.1 Å². The maximum absolute atomic E-state index is 4.95. The average molecular weight is 885 g/mol. The Hall–Kier alpha value is -8.40.